The third-order valence-electron chi connectivity index (χ3n) is 2.80. The maximum atomic E-state index is 9.18. The average Bonchev–Trinajstić information content (AvgIpc) is 2.40. The van der Waals surface area contributed by atoms with Gasteiger partial charge in [-0.3, -0.25) is 0 Å². The molecule has 0 aliphatic rings. The van der Waals surface area contributed by atoms with Gasteiger partial charge in [0, 0.05) is 13.7 Å². The van der Waals surface area contributed by atoms with Crippen LogP contribution in [0.4, 0.5) is 0 Å². The molecule has 1 aromatic carbocycles. The molecule has 0 saturated heterocycles. The van der Waals surface area contributed by atoms with E-state index in [2.05, 4.69) is 12.1 Å². The Kier molecular flexibility index (Phi) is 7.60. The van der Waals surface area contributed by atoms with Crippen LogP contribution in [0, 0.1) is 0 Å². The zero-order valence-corrected chi connectivity index (χ0v) is 10.9. The van der Waals surface area contributed by atoms with Gasteiger partial charge in [-0.25, -0.2) is 0 Å². The number of nitrogens with two attached hydrogens (primary N) is 1. The molecule has 3 N–H and O–H groups in total. The average molecular weight is 253 g/mol. The Balaban J connectivity index is 2.19. The number of aliphatic hydroxyl groups is 1. The van der Waals surface area contributed by atoms with Gasteiger partial charge in [-0.1, -0.05) is 30.3 Å². The van der Waals surface area contributed by atoms with Crippen molar-refractivity contribution in [2.75, 3.05) is 26.9 Å². The first-order valence-electron chi connectivity index (χ1n) is 6.28. The Morgan fingerprint density at radius 2 is 2.00 bits per heavy atom. The molecule has 0 aliphatic heterocycles. The Hall–Kier alpha value is -0.940. The lowest BCUT2D eigenvalue weighted by Gasteiger charge is -2.21. The quantitative estimate of drug-likeness (QED) is 0.644. The van der Waals surface area contributed by atoms with Gasteiger partial charge in [0.15, 0.2) is 0 Å². The standard InChI is InChI=1S/C14H23NO3/c1-17-11-13(15)14(10-16)18-9-5-8-12-6-3-2-4-7-12/h2-4,6-7,13-14,16H,5,8-11,15H2,1H3. The lowest BCUT2D eigenvalue weighted by molar-refractivity contribution is -0.0184. The fourth-order valence-electron chi connectivity index (χ4n) is 1.77. The molecule has 18 heavy (non-hydrogen) atoms. The Morgan fingerprint density at radius 1 is 1.28 bits per heavy atom. The van der Waals surface area contributed by atoms with Gasteiger partial charge in [0.05, 0.1) is 25.4 Å². The first kappa shape index (κ1) is 15.1. The Labute approximate surface area is 109 Å². The summed E-state index contributed by atoms with van der Waals surface area (Å²) in [6.45, 7) is 0.914. The van der Waals surface area contributed by atoms with Crippen molar-refractivity contribution in [2.24, 2.45) is 5.73 Å². The van der Waals surface area contributed by atoms with Crippen molar-refractivity contribution >= 4 is 0 Å². The molecule has 0 saturated carbocycles. The van der Waals surface area contributed by atoms with E-state index in [1.54, 1.807) is 7.11 Å². The summed E-state index contributed by atoms with van der Waals surface area (Å²) in [6, 6.07) is 9.98. The van der Waals surface area contributed by atoms with Crippen molar-refractivity contribution < 1.29 is 14.6 Å². The second-order valence-electron chi connectivity index (χ2n) is 4.30. The van der Waals surface area contributed by atoms with Crippen LogP contribution >= 0.6 is 0 Å². The van der Waals surface area contributed by atoms with Crippen LogP contribution < -0.4 is 5.73 Å². The summed E-state index contributed by atoms with van der Waals surface area (Å²) in [5, 5.41) is 9.18. The summed E-state index contributed by atoms with van der Waals surface area (Å²) in [7, 11) is 1.59. The molecule has 0 radical (unpaired) electrons. The highest BCUT2D eigenvalue weighted by atomic mass is 16.5. The fraction of sp³-hybridized carbons (Fsp3) is 0.571. The molecular formula is C14H23NO3. The minimum absolute atomic E-state index is 0.0735. The van der Waals surface area contributed by atoms with E-state index in [4.69, 9.17) is 15.2 Å². The van der Waals surface area contributed by atoms with Crippen molar-refractivity contribution in [3.63, 3.8) is 0 Å². The Morgan fingerprint density at radius 3 is 2.61 bits per heavy atom. The van der Waals surface area contributed by atoms with Crippen LogP contribution in [0.25, 0.3) is 0 Å². The van der Waals surface area contributed by atoms with Gasteiger partial charge in [-0.05, 0) is 18.4 Å². The molecule has 102 valence electrons. The zero-order chi connectivity index (χ0) is 13.2. The third kappa shape index (κ3) is 5.60. The van der Waals surface area contributed by atoms with Gasteiger partial charge in [-0.15, -0.1) is 0 Å². The summed E-state index contributed by atoms with van der Waals surface area (Å²) in [5.41, 5.74) is 7.12. The molecule has 1 rings (SSSR count). The van der Waals surface area contributed by atoms with Gasteiger partial charge in [-0.2, -0.15) is 0 Å². The van der Waals surface area contributed by atoms with E-state index in [0.717, 1.165) is 12.8 Å². The van der Waals surface area contributed by atoms with E-state index in [0.29, 0.717) is 13.2 Å². The van der Waals surface area contributed by atoms with Crippen molar-refractivity contribution in [3.05, 3.63) is 35.9 Å². The monoisotopic (exact) mass is 253 g/mol. The van der Waals surface area contributed by atoms with Crippen molar-refractivity contribution in [1.82, 2.24) is 0 Å². The number of ether oxygens (including phenoxy) is 2. The summed E-state index contributed by atoms with van der Waals surface area (Å²) in [5.74, 6) is 0. The second kappa shape index (κ2) is 9.05. The summed E-state index contributed by atoms with van der Waals surface area (Å²) >= 11 is 0. The second-order valence-corrected chi connectivity index (χ2v) is 4.30. The number of rotatable bonds is 9. The number of benzene rings is 1. The number of aryl methyl sites for hydroxylation is 1. The summed E-state index contributed by atoms with van der Waals surface area (Å²) in [6.07, 6.45) is 1.54. The molecule has 0 spiro atoms. The van der Waals surface area contributed by atoms with Crippen LogP contribution in [0.2, 0.25) is 0 Å². The predicted molar refractivity (Wildman–Crippen MR) is 71.4 cm³/mol. The molecule has 2 unspecified atom stereocenters. The maximum absolute atomic E-state index is 9.18. The number of hydrogen-bond acceptors (Lipinski definition) is 4. The van der Waals surface area contributed by atoms with Crippen LogP contribution in [0.15, 0.2) is 30.3 Å². The van der Waals surface area contributed by atoms with E-state index < -0.39 is 0 Å². The third-order valence-corrected chi connectivity index (χ3v) is 2.80. The molecule has 2 atom stereocenters. The van der Waals surface area contributed by atoms with Gasteiger partial charge in [0.2, 0.25) is 0 Å². The number of hydrogen-bond donors (Lipinski definition) is 2. The number of methoxy groups -OCH3 is 1. The van der Waals surface area contributed by atoms with Crippen molar-refractivity contribution in [3.8, 4) is 0 Å². The van der Waals surface area contributed by atoms with Gasteiger partial charge in [0.25, 0.3) is 0 Å². The molecular weight excluding hydrogens is 230 g/mol. The topological polar surface area (TPSA) is 64.7 Å². The van der Waals surface area contributed by atoms with Crippen LogP contribution in [-0.4, -0.2) is 44.2 Å². The first-order chi connectivity index (χ1) is 8.77. The zero-order valence-electron chi connectivity index (χ0n) is 10.9. The largest absolute Gasteiger partial charge is 0.394 e. The van der Waals surface area contributed by atoms with Crippen molar-refractivity contribution in [1.29, 1.82) is 0 Å². The van der Waals surface area contributed by atoms with Crippen LogP contribution in [0.1, 0.15) is 12.0 Å². The van der Waals surface area contributed by atoms with E-state index >= 15 is 0 Å². The minimum Gasteiger partial charge on any atom is -0.394 e. The molecule has 0 amide bonds. The molecule has 4 heteroatoms. The number of aliphatic hydroxyl groups excluding tert-OH is 1. The van der Waals surface area contributed by atoms with E-state index in [-0.39, 0.29) is 18.8 Å². The summed E-state index contributed by atoms with van der Waals surface area (Å²) < 4.78 is 10.5. The summed E-state index contributed by atoms with van der Waals surface area (Å²) in [4.78, 5) is 0. The molecule has 0 heterocycles. The molecule has 0 aromatic heterocycles. The van der Waals surface area contributed by atoms with Crippen LogP contribution in [-0.2, 0) is 15.9 Å². The van der Waals surface area contributed by atoms with Crippen LogP contribution in [0.5, 0.6) is 0 Å². The highest BCUT2D eigenvalue weighted by Crippen LogP contribution is 2.04. The smallest absolute Gasteiger partial charge is 0.0978 e. The molecule has 0 aliphatic carbocycles. The molecule has 4 nitrogen and oxygen atoms in total. The highest BCUT2D eigenvalue weighted by molar-refractivity contribution is 5.14. The normalized spacial score (nSPS) is 14.4. The SMILES string of the molecule is COCC(N)C(CO)OCCCc1ccccc1. The van der Waals surface area contributed by atoms with E-state index in [1.807, 2.05) is 18.2 Å². The van der Waals surface area contributed by atoms with Crippen molar-refractivity contribution in [2.45, 2.75) is 25.0 Å². The van der Waals surface area contributed by atoms with E-state index in [1.165, 1.54) is 5.56 Å². The van der Waals surface area contributed by atoms with E-state index in [9.17, 15) is 5.11 Å². The first-order valence-corrected chi connectivity index (χ1v) is 6.28. The van der Waals surface area contributed by atoms with Gasteiger partial charge < -0.3 is 20.3 Å². The Bertz CT molecular complexity index is 305. The molecule has 1 aromatic rings. The lowest BCUT2D eigenvalue weighted by atomic mass is 10.1. The molecule has 0 bridgehead atoms. The predicted octanol–water partition coefficient (Wildman–Crippen LogP) is 0.970. The molecule has 0 fully saturated rings. The highest BCUT2D eigenvalue weighted by Gasteiger charge is 2.16. The van der Waals surface area contributed by atoms with Crippen LogP contribution in [0.3, 0.4) is 0 Å². The lowest BCUT2D eigenvalue weighted by Crippen LogP contribution is -2.42. The van der Waals surface area contributed by atoms with Gasteiger partial charge >= 0.3 is 0 Å². The minimum atomic E-state index is -0.347. The maximum Gasteiger partial charge on any atom is 0.0978 e. The van der Waals surface area contributed by atoms with Gasteiger partial charge in [0.1, 0.15) is 0 Å². The fourth-order valence-corrected chi connectivity index (χ4v) is 1.77.